The van der Waals surface area contributed by atoms with Crippen LogP contribution in [0.2, 0.25) is 0 Å². The smallest absolute Gasteiger partial charge is 0.273 e. The second-order valence-electron chi connectivity index (χ2n) is 9.01. The highest BCUT2D eigenvalue weighted by Crippen LogP contribution is 2.61. The maximum absolute atomic E-state index is 15.7. The van der Waals surface area contributed by atoms with Gasteiger partial charge in [0.15, 0.2) is 0 Å². The van der Waals surface area contributed by atoms with Crippen LogP contribution in [-0.4, -0.2) is 72.7 Å². The molecule has 0 aromatic heterocycles. The number of halogens is 1. The zero-order valence-corrected chi connectivity index (χ0v) is 16.8. The van der Waals surface area contributed by atoms with E-state index in [4.69, 9.17) is 9.73 Å². The van der Waals surface area contributed by atoms with Crippen molar-refractivity contribution in [3.8, 4) is 0 Å². The topological polar surface area (TPSA) is 86.3 Å². The lowest BCUT2D eigenvalue weighted by molar-refractivity contribution is -0.130. The highest BCUT2D eigenvalue weighted by atomic mass is 19.1. The van der Waals surface area contributed by atoms with Crippen LogP contribution in [0.1, 0.15) is 32.1 Å². The summed E-state index contributed by atoms with van der Waals surface area (Å²) in [6.07, 6.45) is 4.81. The first-order valence-electron chi connectivity index (χ1n) is 10.9. The number of hydrazine groups is 1. The minimum Gasteiger partial charge on any atom is -0.377 e. The van der Waals surface area contributed by atoms with Crippen molar-refractivity contribution in [3.63, 3.8) is 0 Å². The number of fused-ring (bicyclic) bond motifs is 4. The fraction of sp³-hybridized carbons (Fsp3) is 0.667. The third-order valence-corrected chi connectivity index (χ3v) is 7.85. The number of hydrogen-bond donors (Lipinski definition) is 2. The average Bonchev–Trinajstić information content (AvgIpc) is 3.29. The predicted molar refractivity (Wildman–Crippen MR) is 106 cm³/mol. The number of amides is 1. The number of guanidine groups is 1. The third kappa shape index (κ3) is 2.34. The number of aldehydes is 1. The maximum Gasteiger partial charge on any atom is 0.273 e. The van der Waals surface area contributed by atoms with E-state index in [1.54, 1.807) is 4.90 Å². The highest BCUT2D eigenvalue weighted by molar-refractivity contribution is 6.11. The summed E-state index contributed by atoms with van der Waals surface area (Å²) in [5, 5.41) is 4.95. The number of alkyl halides is 1. The summed E-state index contributed by atoms with van der Waals surface area (Å²) in [7, 11) is 0. The highest BCUT2D eigenvalue weighted by Gasteiger charge is 2.64. The number of carbonyl (C=O) groups excluding carboxylic acids is 2. The van der Waals surface area contributed by atoms with Gasteiger partial charge in [-0.25, -0.2) is 14.4 Å². The summed E-state index contributed by atoms with van der Waals surface area (Å²) in [6.45, 7) is 1.93. The maximum atomic E-state index is 15.7. The summed E-state index contributed by atoms with van der Waals surface area (Å²) >= 11 is 0. The van der Waals surface area contributed by atoms with Crippen LogP contribution in [0.15, 0.2) is 27.9 Å². The number of piperidine rings is 1. The molecule has 4 aliphatic heterocycles. The summed E-state index contributed by atoms with van der Waals surface area (Å²) in [5.74, 6) is 0.339. The molecule has 1 saturated heterocycles. The fourth-order valence-electron chi connectivity index (χ4n) is 6.33. The lowest BCUT2D eigenvalue weighted by atomic mass is 9.55. The van der Waals surface area contributed by atoms with Crippen LogP contribution >= 0.6 is 0 Å². The van der Waals surface area contributed by atoms with Crippen LogP contribution in [0, 0.1) is 11.3 Å². The van der Waals surface area contributed by atoms with Gasteiger partial charge in [0.2, 0.25) is 5.96 Å². The molecule has 160 valence electrons. The molecule has 2 aliphatic carbocycles. The second-order valence-corrected chi connectivity index (χ2v) is 9.01. The molecule has 0 radical (unpaired) electrons. The second kappa shape index (κ2) is 6.70. The Morgan fingerprint density at radius 2 is 2.30 bits per heavy atom. The van der Waals surface area contributed by atoms with Gasteiger partial charge in [-0.3, -0.25) is 4.79 Å². The average molecular weight is 415 g/mol. The minimum atomic E-state index is -1.11. The van der Waals surface area contributed by atoms with Crippen LogP contribution in [0.3, 0.4) is 0 Å². The normalized spacial score (nSPS) is 40.0. The molecule has 0 aromatic carbocycles. The Bertz CT molecular complexity index is 901. The van der Waals surface area contributed by atoms with E-state index in [0.29, 0.717) is 43.4 Å². The Hall–Kier alpha value is -2.10. The van der Waals surface area contributed by atoms with Gasteiger partial charge in [-0.05, 0) is 43.7 Å². The van der Waals surface area contributed by atoms with Crippen LogP contribution in [0.25, 0.3) is 0 Å². The van der Waals surface area contributed by atoms with Crippen molar-refractivity contribution in [1.29, 1.82) is 0 Å². The largest absolute Gasteiger partial charge is 0.377 e. The molecule has 4 heterocycles. The Labute approximate surface area is 174 Å². The zero-order valence-electron chi connectivity index (χ0n) is 16.8. The summed E-state index contributed by atoms with van der Waals surface area (Å²) < 4.78 is 21.1. The molecule has 2 N–H and O–H groups in total. The molecule has 0 aromatic rings. The van der Waals surface area contributed by atoms with Crippen LogP contribution < -0.4 is 10.7 Å². The van der Waals surface area contributed by atoms with E-state index in [9.17, 15) is 9.59 Å². The van der Waals surface area contributed by atoms with Crippen molar-refractivity contribution in [3.05, 3.63) is 22.9 Å². The first kappa shape index (κ1) is 18.7. The molecule has 6 rings (SSSR count). The van der Waals surface area contributed by atoms with Crippen molar-refractivity contribution in [2.75, 3.05) is 26.3 Å². The van der Waals surface area contributed by atoms with E-state index in [1.807, 2.05) is 6.08 Å². The lowest BCUT2D eigenvalue weighted by Gasteiger charge is -2.55. The third-order valence-electron chi connectivity index (χ3n) is 7.85. The monoisotopic (exact) mass is 415 g/mol. The minimum absolute atomic E-state index is 0.0626. The number of ether oxygens (including phenoxy) is 1. The van der Waals surface area contributed by atoms with E-state index < -0.39 is 11.6 Å². The molecular formula is C21H26FN5O3. The molecule has 1 saturated carbocycles. The number of rotatable bonds is 3. The van der Waals surface area contributed by atoms with Crippen LogP contribution in [-0.2, 0) is 14.3 Å². The summed E-state index contributed by atoms with van der Waals surface area (Å²) in [6, 6.07) is 0.276. The van der Waals surface area contributed by atoms with Gasteiger partial charge in [0, 0.05) is 29.1 Å². The first-order valence-corrected chi connectivity index (χ1v) is 10.9. The number of carbonyl (C=O) groups is 2. The van der Waals surface area contributed by atoms with Crippen molar-refractivity contribution in [2.24, 2.45) is 16.3 Å². The Morgan fingerprint density at radius 1 is 1.40 bits per heavy atom. The molecular weight excluding hydrogens is 389 g/mol. The zero-order chi connectivity index (χ0) is 20.5. The molecule has 8 nitrogen and oxygen atoms in total. The molecule has 5 atom stereocenters. The van der Waals surface area contributed by atoms with Gasteiger partial charge in [0.25, 0.3) is 5.91 Å². The molecule has 1 amide bonds. The molecule has 9 heteroatoms. The molecule has 0 bridgehead atoms. The number of nitrogens with one attached hydrogen (secondary N) is 2. The number of allylic oxidation sites excluding steroid dienone is 1. The van der Waals surface area contributed by atoms with Gasteiger partial charge in [0.05, 0.1) is 19.8 Å². The number of aliphatic imine (C=N–C) groups is 1. The van der Waals surface area contributed by atoms with Gasteiger partial charge in [0.1, 0.15) is 18.6 Å². The van der Waals surface area contributed by atoms with Crippen molar-refractivity contribution in [1.82, 2.24) is 20.7 Å². The van der Waals surface area contributed by atoms with Crippen molar-refractivity contribution < 1.29 is 18.7 Å². The molecule has 2 fully saturated rings. The quantitative estimate of drug-likeness (QED) is 0.520. The Balaban J connectivity index is 1.42. The van der Waals surface area contributed by atoms with Crippen LogP contribution in [0.5, 0.6) is 0 Å². The van der Waals surface area contributed by atoms with Gasteiger partial charge in [-0.15, -0.1) is 0 Å². The van der Waals surface area contributed by atoms with Gasteiger partial charge in [-0.1, -0.05) is 6.08 Å². The fourth-order valence-corrected chi connectivity index (χ4v) is 6.33. The van der Waals surface area contributed by atoms with E-state index in [0.717, 1.165) is 31.1 Å². The van der Waals surface area contributed by atoms with Crippen LogP contribution in [0.4, 0.5) is 4.39 Å². The van der Waals surface area contributed by atoms with Crippen molar-refractivity contribution in [2.45, 2.75) is 50.5 Å². The van der Waals surface area contributed by atoms with Gasteiger partial charge >= 0.3 is 0 Å². The first-order chi connectivity index (χ1) is 14.6. The number of nitrogens with zero attached hydrogens (tertiary/aromatic N) is 3. The van der Waals surface area contributed by atoms with E-state index in [-0.39, 0.29) is 37.0 Å². The van der Waals surface area contributed by atoms with Gasteiger partial charge in [-0.2, -0.15) is 5.43 Å². The SMILES string of the molecule is O=CCN1C2=NC(C3=CCOCC3)NN2C(=O)C2=C1C[C@@H](F)[C@@]21CCNC2CCC21. The molecule has 1 spiro atoms. The molecule has 3 unspecified atom stereocenters. The molecule has 6 aliphatic rings. The standard InChI is InChI=1S/C21H26FN5O3/c22-16-11-15-17(21(16)5-6-23-14-2-1-13(14)21)19(29)27-20(26(15)7-8-28)24-18(25-27)12-3-9-30-10-4-12/h3,8,13-14,16,18,23,25H,1-2,4-7,9-11H2/t13?,14?,16-,18?,21+/m1/s1. The Morgan fingerprint density at radius 3 is 3.03 bits per heavy atom. The molecule has 30 heavy (non-hydrogen) atoms. The van der Waals surface area contributed by atoms with Crippen molar-refractivity contribution >= 4 is 18.2 Å². The van der Waals surface area contributed by atoms with Gasteiger partial charge < -0.3 is 19.7 Å². The summed E-state index contributed by atoms with van der Waals surface area (Å²) in [4.78, 5) is 31.8. The lowest BCUT2D eigenvalue weighted by Crippen LogP contribution is -2.63. The Kier molecular flexibility index (Phi) is 4.16. The number of hydrogen-bond acceptors (Lipinski definition) is 7. The van der Waals surface area contributed by atoms with E-state index in [2.05, 4.69) is 10.7 Å². The summed E-state index contributed by atoms with van der Waals surface area (Å²) in [5.41, 5.74) is 4.76. The van der Waals surface area contributed by atoms with E-state index in [1.165, 1.54) is 5.01 Å². The van der Waals surface area contributed by atoms with E-state index >= 15 is 4.39 Å². The predicted octanol–water partition coefficient (Wildman–Crippen LogP) is 0.631.